The van der Waals surface area contributed by atoms with Gasteiger partial charge in [-0.15, -0.1) is 10.2 Å². The van der Waals surface area contributed by atoms with Crippen molar-refractivity contribution >= 4 is 38.6 Å². The van der Waals surface area contributed by atoms with Crippen LogP contribution in [0.1, 0.15) is 15.9 Å². The Labute approximate surface area is 162 Å². The zero-order chi connectivity index (χ0) is 19.0. The van der Waals surface area contributed by atoms with Gasteiger partial charge in [0.15, 0.2) is 0 Å². The highest BCUT2D eigenvalue weighted by atomic mass is 79.9. The number of amides is 1. The lowest BCUT2D eigenvalue weighted by Gasteiger charge is -2.08. The van der Waals surface area contributed by atoms with Crippen molar-refractivity contribution < 1.29 is 9.18 Å². The van der Waals surface area contributed by atoms with Gasteiger partial charge in [-0.25, -0.2) is 4.39 Å². The lowest BCUT2D eigenvalue weighted by Crippen LogP contribution is -2.12. The summed E-state index contributed by atoms with van der Waals surface area (Å²) in [6.45, 7) is 1.90. The lowest BCUT2D eigenvalue weighted by atomic mass is 10.1. The number of carbonyl (C=O) groups excluding carboxylic acids is 1. The molecule has 1 aromatic heterocycles. The van der Waals surface area contributed by atoms with Crippen LogP contribution in [0, 0.1) is 12.7 Å². The number of anilines is 1. The fraction of sp³-hybridized carbons (Fsp3) is 0.0500. The molecular weight excluding hydrogens is 411 g/mol. The van der Waals surface area contributed by atoms with Gasteiger partial charge in [0, 0.05) is 15.7 Å². The van der Waals surface area contributed by atoms with Crippen LogP contribution in [0.3, 0.4) is 0 Å². The molecule has 1 amide bonds. The molecule has 1 N–H and O–H groups in total. The van der Waals surface area contributed by atoms with Crippen LogP contribution in [0.25, 0.3) is 16.7 Å². The van der Waals surface area contributed by atoms with Crippen molar-refractivity contribution in [3.05, 3.63) is 82.1 Å². The standard InChI is InChI=1S/C20H14BrFN4O/c1-12-9-18-19(25-26(24-18)16-7-5-15(22)6-8-16)11-17(12)23-20(27)13-3-2-4-14(21)10-13/h2-11H,1H3,(H,23,27). The maximum atomic E-state index is 13.1. The first kappa shape index (κ1) is 17.4. The van der Waals surface area contributed by atoms with E-state index >= 15 is 0 Å². The molecule has 0 unspecified atom stereocenters. The predicted octanol–water partition coefficient (Wildman–Crippen LogP) is 4.88. The number of benzene rings is 3. The average molecular weight is 425 g/mol. The molecule has 3 aromatic carbocycles. The topological polar surface area (TPSA) is 59.8 Å². The Balaban J connectivity index is 1.67. The van der Waals surface area contributed by atoms with Crippen LogP contribution >= 0.6 is 15.9 Å². The minimum atomic E-state index is -0.316. The number of nitrogens with one attached hydrogen (secondary N) is 1. The average Bonchev–Trinajstić information content (AvgIpc) is 3.05. The molecule has 0 bridgehead atoms. The van der Waals surface area contributed by atoms with Crippen molar-refractivity contribution in [3.63, 3.8) is 0 Å². The summed E-state index contributed by atoms with van der Waals surface area (Å²) in [6.07, 6.45) is 0. The summed E-state index contributed by atoms with van der Waals surface area (Å²) in [6, 6.07) is 16.8. The Morgan fingerprint density at radius 2 is 1.74 bits per heavy atom. The highest BCUT2D eigenvalue weighted by Crippen LogP contribution is 2.23. The maximum Gasteiger partial charge on any atom is 0.255 e. The third kappa shape index (κ3) is 3.59. The quantitative estimate of drug-likeness (QED) is 0.509. The summed E-state index contributed by atoms with van der Waals surface area (Å²) in [5.41, 5.74) is 4.08. The van der Waals surface area contributed by atoms with Crippen LogP contribution in [0.4, 0.5) is 10.1 Å². The van der Waals surface area contributed by atoms with E-state index < -0.39 is 0 Å². The molecule has 1 heterocycles. The first-order chi connectivity index (χ1) is 13.0. The SMILES string of the molecule is Cc1cc2nn(-c3ccc(F)cc3)nc2cc1NC(=O)c1cccc(Br)c1. The molecule has 0 saturated carbocycles. The monoisotopic (exact) mass is 424 g/mol. The second-order valence-electron chi connectivity index (χ2n) is 6.09. The fourth-order valence-electron chi connectivity index (χ4n) is 2.72. The molecule has 0 aliphatic carbocycles. The summed E-state index contributed by atoms with van der Waals surface area (Å²) in [5.74, 6) is -0.520. The lowest BCUT2D eigenvalue weighted by molar-refractivity contribution is 0.102. The molecule has 0 atom stereocenters. The summed E-state index contributed by atoms with van der Waals surface area (Å²) in [4.78, 5) is 14.0. The first-order valence-electron chi connectivity index (χ1n) is 8.20. The Morgan fingerprint density at radius 3 is 2.44 bits per heavy atom. The summed E-state index contributed by atoms with van der Waals surface area (Å²) >= 11 is 3.37. The van der Waals surface area contributed by atoms with Gasteiger partial charge in [0.05, 0.1) is 5.69 Å². The van der Waals surface area contributed by atoms with Crippen molar-refractivity contribution in [2.45, 2.75) is 6.92 Å². The first-order valence-corrected chi connectivity index (χ1v) is 8.99. The zero-order valence-electron chi connectivity index (χ0n) is 14.3. The molecule has 0 aliphatic heterocycles. The molecule has 134 valence electrons. The van der Waals surface area contributed by atoms with Gasteiger partial charge in [-0.1, -0.05) is 22.0 Å². The molecule has 4 rings (SSSR count). The minimum Gasteiger partial charge on any atom is -0.322 e. The number of nitrogens with zero attached hydrogens (tertiary/aromatic N) is 3. The van der Waals surface area contributed by atoms with E-state index in [-0.39, 0.29) is 11.7 Å². The number of carbonyl (C=O) groups is 1. The fourth-order valence-corrected chi connectivity index (χ4v) is 3.12. The molecule has 0 fully saturated rings. The second-order valence-corrected chi connectivity index (χ2v) is 7.00. The third-order valence-electron chi connectivity index (χ3n) is 4.12. The number of aryl methyl sites for hydroxylation is 1. The van der Waals surface area contributed by atoms with Gasteiger partial charge in [-0.2, -0.15) is 4.80 Å². The zero-order valence-corrected chi connectivity index (χ0v) is 15.9. The molecule has 7 heteroatoms. The number of hydrogen-bond acceptors (Lipinski definition) is 3. The molecule has 27 heavy (non-hydrogen) atoms. The van der Waals surface area contributed by atoms with E-state index in [0.717, 1.165) is 10.0 Å². The van der Waals surface area contributed by atoms with Crippen LogP contribution in [-0.2, 0) is 0 Å². The van der Waals surface area contributed by atoms with Crippen LogP contribution < -0.4 is 5.32 Å². The highest BCUT2D eigenvalue weighted by Gasteiger charge is 2.12. The highest BCUT2D eigenvalue weighted by molar-refractivity contribution is 9.10. The van der Waals surface area contributed by atoms with E-state index in [9.17, 15) is 9.18 Å². The van der Waals surface area contributed by atoms with Crippen LogP contribution in [-0.4, -0.2) is 20.9 Å². The third-order valence-corrected chi connectivity index (χ3v) is 4.61. The molecule has 0 radical (unpaired) electrons. The van der Waals surface area contributed by atoms with Gasteiger partial charge in [-0.05, 0) is 67.1 Å². The van der Waals surface area contributed by atoms with Crippen LogP contribution in [0.15, 0.2) is 65.1 Å². The summed E-state index contributed by atoms with van der Waals surface area (Å²) < 4.78 is 13.9. The van der Waals surface area contributed by atoms with E-state index in [2.05, 4.69) is 31.4 Å². The number of halogens is 2. The van der Waals surface area contributed by atoms with Gasteiger partial charge in [0.1, 0.15) is 16.9 Å². The Hall–Kier alpha value is -3.06. The van der Waals surface area contributed by atoms with Crippen molar-refractivity contribution in [3.8, 4) is 5.69 Å². The van der Waals surface area contributed by atoms with Gasteiger partial charge in [0.25, 0.3) is 5.91 Å². The smallest absolute Gasteiger partial charge is 0.255 e. The molecule has 0 spiro atoms. The van der Waals surface area contributed by atoms with E-state index in [4.69, 9.17) is 0 Å². The summed E-state index contributed by atoms with van der Waals surface area (Å²) in [7, 11) is 0. The largest absolute Gasteiger partial charge is 0.322 e. The Kier molecular flexibility index (Phi) is 4.45. The predicted molar refractivity (Wildman–Crippen MR) is 106 cm³/mol. The Morgan fingerprint density at radius 1 is 1.04 bits per heavy atom. The van der Waals surface area contributed by atoms with Gasteiger partial charge in [0.2, 0.25) is 0 Å². The normalized spacial score (nSPS) is 10.9. The second kappa shape index (κ2) is 6.92. The summed E-state index contributed by atoms with van der Waals surface area (Å²) in [5, 5.41) is 11.8. The van der Waals surface area contributed by atoms with E-state index in [1.54, 1.807) is 30.3 Å². The van der Waals surface area contributed by atoms with Crippen LogP contribution in [0.5, 0.6) is 0 Å². The molecule has 0 saturated heterocycles. The van der Waals surface area contributed by atoms with Gasteiger partial charge < -0.3 is 5.32 Å². The van der Waals surface area contributed by atoms with E-state index in [1.807, 2.05) is 25.1 Å². The van der Waals surface area contributed by atoms with Gasteiger partial charge >= 0.3 is 0 Å². The minimum absolute atomic E-state index is 0.204. The van der Waals surface area contributed by atoms with Gasteiger partial charge in [-0.3, -0.25) is 4.79 Å². The van der Waals surface area contributed by atoms with E-state index in [0.29, 0.717) is 28.0 Å². The Bertz CT molecular complexity index is 1150. The molecule has 5 nitrogen and oxygen atoms in total. The number of aromatic nitrogens is 3. The van der Waals surface area contributed by atoms with Crippen molar-refractivity contribution in [2.24, 2.45) is 0 Å². The molecule has 4 aromatic rings. The molecular formula is C20H14BrFN4O. The number of rotatable bonds is 3. The van der Waals surface area contributed by atoms with Crippen molar-refractivity contribution in [1.82, 2.24) is 15.0 Å². The number of fused-ring (bicyclic) bond motifs is 1. The molecule has 0 aliphatic rings. The number of hydrogen-bond donors (Lipinski definition) is 1. The van der Waals surface area contributed by atoms with Crippen molar-refractivity contribution in [1.29, 1.82) is 0 Å². The maximum absolute atomic E-state index is 13.1. The van der Waals surface area contributed by atoms with E-state index in [1.165, 1.54) is 16.9 Å². The van der Waals surface area contributed by atoms with Crippen molar-refractivity contribution in [2.75, 3.05) is 5.32 Å². The van der Waals surface area contributed by atoms with Crippen LogP contribution in [0.2, 0.25) is 0 Å².